The molecule has 6 heteroatoms. The smallest absolute Gasteiger partial charge is 0.261 e. The Morgan fingerprint density at radius 3 is 2.62 bits per heavy atom. The number of morpholine rings is 1. The molecular weight excluding hydrogens is 304 g/mol. The summed E-state index contributed by atoms with van der Waals surface area (Å²) in [5.74, 6) is 1.95. The molecule has 0 unspecified atom stereocenters. The second kappa shape index (κ2) is 6.41. The Hall–Kier alpha value is -2.73. The van der Waals surface area contributed by atoms with Crippen LogP contribution in [0.5, 0.6) is 0 Å². The van der Waals surface area contributed by atoms with Gasteiger partial charge in [-0.1, -0.05) is 29.4 Å². The van der Waals surface area contributed by atoms with E-state index < -0.39 is 0 Å². The first-order valence-corrected chi connectivity index (χ1v) is 8.01. The molecule has 122 valence electrons. The summed E-state index contributed by atoms with van der Waals surface area (Å²) in [7, 11) is 0. The molecule has 2 aromatic heterocycles. The first kappa shape index (κ1) is 14.8. The molecule has 1 fully saturated rings. The molecule has 0 atom stereocenters. The van der Waals surface area contributed by atoms with Gasteiger partial charge in [0, 0.05) is 24.8 Å². The van der Waals surface area contributed by atoms with Crippen molar-refractivity contribution in [2.24, 2.45) is 0 Å². The predicted octanol–water partition coefficient (Wildman–Crippen LogP) is 2.94. The van der Waals surface area contributed by atoms with E-state index in [1.807, 2.05) is 43.3 Å². The number of anilines is 1. The minimum atomic E-state index is 0.489. The maximum atomic E-state index is 5.53. The van der Waals surface area contributed by atoms with Crippen LogP contribution in [0.1, 0.15) is 5.56 Å². The molecule has 24 heavy (non-hydrogen) atoms. The molecule has 1 aliphatic heterocycles. The molecule has 0 bridgehead atoms. The number of aryl methyl sites for hydroxylation is 1. The SMILES string of the molecule is Cc1ccccc1-c1noc(-c2cccnc2N2CCOCC2)n1. The molecule has 1 aliphatic rings. The maximum absolute atomic E-state index is 5.53. The van der Waals surface area contributed by atoms with Crippen LogP contribution in [0.4, 0.5) is 5.82 Å². The van der Waals surface area contributed by atoms with Crippen molar-refractivity contribution in [3.63, 3.8) is 0 Å². The number of aromatic nitrogens is 3. The Balaban J connectivity index is 1.71. The molecule has 0 radical (unpaired) electrons. The minimum Gasteiger partial charge on any atom is -0.378 e. The third-order valence-corrected chi connectivity index (χ3v) is 4.14. The number of rotatable bonds is 3. The number of nitrogens with zero attached hydrogens (tertiary/aromatic N) is 4. The molecular formula is C18H18N4O2. The van der Waals surface area contributed by atoms with Gasteiger partial charge in [-0.15, -0.1) is 0 Å². The van der Waals surface area contributed by atoms with Crippen molar-refractivity contribution >= 4 is 5.82 Å². The zero-order valence-electron chi connectivity index (χ0n) is 13.5. The summed E-state index contributed by atoms with van der Waals surface area (Å²) in [6.07, 6.45) is 1.78. The lowest BCUT2D eigenvalue weighted by atomic mass is 10.1. The van der Waals surface area contributed by atoms with Gasteiger partial charge < -0.3 is 14.2 Å². The number of pyridine rings is 1. The fourth-order valence-corrected chi connectivity index (χ4v) is 2.86. The van der Waals surface area contributed by atoms with Crippen molar-refractivity contribution in [3.05, 3.63) is 48.2 Å². The fourth-order valence-electron chi connectivity index (χ4n) is 2.86. The largest absolute Gasteiger partial charge is 0.378 e. The Morgan fingerprint density at radius 2 is 1.79 bits per heavy atom. The van der Waals surface area contributed by atoms with Gasteiger partial charge in [0.1, 0.15) is 5.82 Å². The van der Waals surface area contributed by atoms with E-state index in [-0.39, 0.29) is 0 Å². The standard InChI is InChI=1S/C18H18N4O2/c1-13-5-2-3-6-14(13)16-20-18(24-21-16)15-7-4-8-19-17(15)22-9-11-23-12-10-22/h2-8H,9-12H2,1H3. The van der Waals surface area contributed by atoms with E-state index in [4.69, 9.17) is 9.26 Å². The van der Waals surface area contributed by atoms with Crippen LogP contribution in [0, 0.1) is 6.92 Å². The van der Waals surface area contributed by atoms with Crippen LogP contribution in [0.25, 0.3) is 22.8 Å². The van der Waals surface area contributed by atoms with Gasteiger partial charge >= 0.3 is 0 Å². The van der Waals surface area contributed by atoms with E-state index >= 15 is 0 Å². The monoisotopic (exact) mass is 322 g/mol. The normalized spacial score (nSPS) is 14.8. The van der Waals surface area contributed by atoms with Crippen molar-refractivity contribution in [2.75, 3.05) is 31.2 Å². The first-order valence-electron chi connectivity index (χ1n) is 8.01. The van der Waals surface area contributed by atoms with Crippen LogP contribution in [0.3, 0.4) is 0 Å². The van der Waals surface area contributed by atoms with Gasteiger partial charge in [0.15, 0.2) is 0 Å². The Kier molecular flexibility index (Phi) is 3.96. The first-order chi connectivity index (χ1) is 11.8. The maximum Gasteiger partial charge on any atom is 0.261 e. The Bertz CT molecular complexity index is 840. The van der Waals surface area contributed by atoms with E-state index in [2.05, 4.69) is 20.0 Å². The molecule has 0 amide bonds. The van der Waals surface area contributed by atoms with E-state index in [9.17, 15) is 0 Å². The van der Waals surface area contributed by atoms with Crippen molar-refractivity contribution in [3.8, 4) is 22.8 Å². The number of benzene rings is 1. The summed E-state index contributed by atoms with van der Waals surface area (Å²) in [5, 5.41) is 4.15. The minimum absolute atomic E-state index is 0.489. The topological polar surface area (TPSA) is 64.3 Å². The zero-order valence-corrected chi connectivity index (χ0v) is 13.5. The summed E-state index contributed by atoms with van der Waals surface area (Å²) < 4.78 is 11.0. The zero-order chi connectivity index (χ0) is 16.4. The molecule has 6 nitrogen and oxygen atoms in total. The summed E-state index contributed by atoms with van der Waals surface area (Å²) >= 11 is 0. The van der Waals surface area contributed by atoms with E-state index in [0.717, 1.165) is 35.6 Å². The molecule has 0 spiro atoms. The lowest BCUT2D eigenvalue weighted by molar-refractivity contribution is 0.122. The highest BCUT2D eigenvalue weighted by atomic mass is 16.5. The number of ether oxygens (including phenoxy) is 1. The molecule has 0 N–H and O–H groups in total. The second-order valence-electron chi connectivity index (χ2n) is 5.71. The Morgan fingerprint density at radius 1 is 1.00 bits per heavy atom. The average molecular weight is 322 g/mol. The fraction of sp³-hybridized carbons (Fsp3) is 0.278. The predicted molar refractivity (Wildman–Crippen MR) is 90.7 cm³/mol. The lowest BCUT2D eigenvalue weighted by Crippen LogP contribution is -2.37. The summed E-state index contributed by atoms with van der Waals surface area (Å²) in [6.45, 7) is 5.06. The highest BCUT2D eigenvalue weighted by molar-refractivity contribution is 5.71. The van der Waals surface area contributed by atoms with Crippen LogP contribution in [0.15, 0.2) is 47.1 Å². The second-order valence-corrected chi connectivity index (χ2v) is 5.71. The highest BCUT2D eigenvalue weighted by Gasteiger charge is 2.20. The van der Waals surface area contributed by atoms with Crippen LogP contribution >= 0.6 is 0 Å². The molecule has 1 saturated heterocycles. The number of hydrogen-bond donors (Lipinski definition) is 0. The molecule has 4 rings (SSSR count). The van der Waals surface area contributed by atoms with Crippen LogP contribution in [-0.2, 0) is 4.74 Å². The highest BCUT2D eigenvalue weighted by Crippen LogP contribution is 2.30. The summed E-state index contributed by atoms with van der Waals surface area (Å²) in [5.41, 5.74) is 2.94. The van der Waals surface area contributed by atoms with Crippen molar-refractivity contribution in [1.29, 1.82) is 0 Å². The van der Waals surface area contributed by atoms with Crippen LogP contribution < -0.4 is 4.90 Å². The van der Waals surface area contributed by atoms with Gasteiger partial charge in [-0.3, -0.25) is 0 Å². The molecule has 0 aliphatic carbocycles. The van der Waals surface area contributed by atoms with Crippen molar-refractivity contribution < 1.29 is 9.26 Å². The van der Waals surface area contributed by atoms with Gasteiger partial charge in [-0.25, -0.2) is 4.98 Å². The average Bonchev–Trinajstić information content (AvgIpc) is 3.12. The van der Waals surface area contributed by atoms with Crippen LogP contribution in [0.2, 0.25) is 0 Å². The van der Waals surface area contributed by atoms with Gasteiger partial charge in [-0.2, -0.15) is 4.98 Å². The molecule has 3 aromatic rings. The molecule has 1 aromatic carbocycles. The molecule has 3 heterocycles. The Labute approximate surface area is 140 Å². The van der Waals surface area contributed by atoms with E-state index in [1.54, 1.807) is 6.20 Å². The summed E-state index contributed by atoms with van der Waals surface area (Å²) in [6, 6.07) is 11.9. The third kappa shape index (κ3) is 2.76. The number of hydrogen-bond acceptors (Lipinski definition) is 6. The molecule has 0 saturated carbocycles. The quantitative estimate of drug-likeness (QED) is 0.739. The van der Waals surface area contributed by atoms with Gasteiger partial charge in [0.25, 0.3) is 5.89 Å². The van der Waals surface area contributed by atoms with E-state index in [0.29, 0.717) is 24.9 Å². The van der Waals surface area contributed by atoms with Crippen molar-refractivity contribution in [1.82, 2.24) is 15.1 Å². The summed E-state index contributed by atoms with van der Waals surface area (Å²) in [4.78, 5) is 11.3. The van der Waals surface area contributed by atoms with Gasteiger partial charge in [0.2, 0.25) is 5.82 Å². The van der Waals surface area contributed by atoms with Crippen LogP contribution in [-0.4, -0.2) is 41.4 Å². The van der Waals surface area contributed by atoms with Gasteiger partial charge in [0.05, 0.1) is 18.8 Å². The third-order valence-electron chi connectivity index (χ3n) is 4.14. The van der Waals surface area contributed by atoms with Crippen molar-refractivity contribution in [2.45, 2.75) is 6.92 Å². The van der Waals surface area contributed by atoms with Gasteiger partial charge in [-0.05, 0) is 24.6 Å². The van der Waals surface area contributed by atoms with E-state index in [1.165, 1.54) is 0 Å². The lowest BCUT2D eigenvalue weighted by Gasteiger charge is -2.28.